The lowest BCUT2D eigenvalue weighted by Crippen LogP contribution is -2.70. The molecule has 6 bridgehead atoms. The number of carbonyl (C=O) groups excluding carboxylic acids is 11. The number of esters is 10. The van der Waals surface area contributed by atoms with E-state index in [1.54, 1.807) is 0 Å². The minimum atomic E-state index is -4.23. The highest BCUT2D eigenvalue weighted by Crippen LogP contribution is 2.61. The molecular formula is C82H58O53. The standard InChI is InChI=1S/C82H58O53/c83-28-1-18(2-29(84)49(28)97)69(109)122-16-42-62(127-70(110)19-3-30(85)50(98)31(86)4-19)65(129-71(111)20-5-32(87)51(99)33(88)6-20)67(79(125-42)133-72(112)21-7-34(89)52(100)35(90)8-21)132-78(118)27-13-39(94)55(103)60(108)61(27)124-41-14-25-46(59(107)57(41)105)45-23(11-38(93)54(102)58(45)106)74(114)123-17-43-63-66(130-76(25)116)68(80(126-43)134-73(113)22-9-36(91)53(101)37(92)10-22)131-75(115)24-12-40(95)56(104)64-47(24)48-26(77(117)128-63)15-44(96)82(121,135-64)81(48,119)120/h1-15,42-43,48,62-63,65-68,79-80,83-95,97-108,119-121H,16-17H2/t42-,43-,48+,62+,63-,65-,66+,67-,68+,79-,80+,82+/m1/s1. The summed E-state index contributed by atoms with van der Waals surface area (Å²) in [6.45, 7) is -3.19. The molecule has 12 atom stereocenters. The highest BCUT2D eigenvalue weighted by Gasteiger charge is 2.71. The average Bonchev–Trinajstić information content (AvgIpc) is 1.38. The number of hydrogen-bond acceptors (Lipinski definition) is 53. The van der Waals surface area contributed by atoms with Gasteiger partial charge in [0.15, 0.2) is 157 Å². The molecule has 2 fully saturated rings. The number of cyclic esters (lactones) is 1. The first kappa shape index (κ1) is 91.2. The van der Waals surface area contributed by atoms with E-state index in [0.29, 0.717) is 60.7 Å². The molecule has 6 aliphatic rings. The monoisotopic (exact) mass is 1890 g/mol. The van der Waals surface area contributed by atoms with Crippen molar-refractivity contribution in [2.24, 2.45) is 0 Å². The van der Waals surface area contributed by atoms with Gasteiger partial charge in [0.25, 0.3) is 5.79 Å². The third kappa shape index (κ3) is 15.5. The normalized spacial score (nSPS) is 21.8. The van der Waals surface area contributed by atoms with Gasteiger partial charge in [0.1, 0.15) is 31.0 Å². The summed E-state index contributed by atoms with van der Waals surface area (Å²) in [6.07, 6.45) is -29.1. The quantitative estimate of drug-likeness (QED) is 0.0294. The molecule has 0 aromatic heterocycles. The number of rotatable bonds is 15. The highest BCUT2D eigenvalue weighted by molar-refractivity contribution is 6.11. The van der Waals surface area contributed by atoms with E-state index < -0.39 is 391 Å². The zero-order valence-corrected chi connectivity index (χ0v) is 66.2. The maximum Gasteiger partial charge on any atom is 0.342 e. The Kier molecular flexibility index (Phi) is 22.4. The van der Waals surface area contributed by atoms with Gasteiger partial charge in [-0.1, -0.05) is 0 Å². The predicted octanol–water partition coefficient (Wildman–Crippen LogP) is 0.985. The van der Waals surface area contributed by atoms with Gasteiger partial charge in [-0.05, 0) is 78.9 Å². The number of ether oxygens (including phenoxy) is 14. The molecule has 0 amide bonds. The van der Waals surface area contributed by atoms with Crippen LogP contribution in [0, 0.1) is 0 Å². The summed E-state index contributed by atoms with van der Waals surface area (Å²) < 4.78 is 79.8. The third-order valence-corrected chi connectivity index (χ3v) is 21.3. The molecule has 9 aromatic rings. The van der Waals surface area contributed by atoms with E-state index in [1.807, 2.05) is 0 Å². The molecule has 2 saturated heterocycles. The zero-order chi connectivity index (χ0) is 98.3. The molecule has 15 rings (SSSR count). The molecule has 704 valence electrons. The van der Waals surface area contributed by atoms with E-state index in [9.17, 15) is 177 Å². The molecule has 0 radical (unpaired) electrons. The highest BCUT2D eigenvalue weighted by atomic mass is 16.8. The van der Waals surface area contributed by atoms with Crippen molar-refractivity contribution in [1.29, 1.82) is 0 Å². The van der Waals surface area contributed by atoms with E-state index in [2.05, 4.69) is 0 Å². The van der Waals surface area contributed by atoms with Crippen molar-refractivity contribution in [1.82, 2.24) is 0 Å². The summed E-state index contributed by atoms with van der Waals surface area (Å²) in [7, 11) is 0. The Morgan fingerprint density at radius 3 is 1.25 bits per heavy atom. The second-order valence-electron chi connectivity index (χ2n) is 29.6. The Bertz CT molecular complexity index is 6630. The first-order chi connectivity index (χ1) is 63.4. The lowest BCUT2D eigenvalue weighted by atomic mass is 9.70. The van der Waals surface area contributed by atoms with Crippen LogP contribution in [0.25, 0.3) is 11.1 Å². The van der Waals surface area contributed by atoms with E-state index in [1.165, 1.54) is 0 Å². The summed E-state index contributed by atoms with van der Waals surface area (Å²) in [5, 5.41) is 308. The van der Waals surface area contributed by atoms with Crippen LogP contribution in [-0.4, -0.2) is 295 Å². The first-order valence-corrected chi connectivity index (χ1v) is 37.5. The van der Waals surface area contributed by atoms with Gasteiger partial charge in [0.05, 0.1) is 56.0 Å². The van der Waals surface area contributed by atoms with Crippen LogP contribution >= 0.6 is 0 Å². The number of hydrogen-bond donors (Lipinski definition) is 28. The molecule has 0 unspecified atom stereocenters. The molecule has 135 heavy (non-hydrogen) atoms. The Morgan fingerprint density at radius 1 is 0.356 bits per heavy atom. The summed E-state index contributed by atoms with van der Waals surface area (Å²) in [5.41, 5.74) is -17.0. The minimum absolute atomic E-state index is 0.0142. The van der Waals surface area contributed by atoms with Gasteiger partial charge >= 0.3 is 65.5 Å². The molecule has 53 heteroatoms. The number of aliphatic hydroxyl groups is 3. The van der Waals surface area contributed by atoms with Crippen LogP contribution < -0.4 is 9.47 Å². The van der Waals surface area contributed by atoms with Gasteiger partial charge < -0.3 is 209 Å². The fraction of sp³-hybridized carbons (Fsp3) is 0.183. The summed E-state index contributed by atoms with van der Waals surface area (Å²) in [4.78, 5) is 164. The van der Waals surface area contributed by atoms with Crippen LogP contribution in [0.1, 0.15) is 105 Å². The largest absolute Gasteiger partial charge is 0.504 e. The Hall–Kier alpha value is -18.5. The average molecular weight is 1890 g/mol. The summed E-state index contributed by atoms with van der Waals surface area (Å²) in [5.74, 6) is -75.5. The second kappa shape index (κ2) is 33.2. The van der Waals surface area contributed by atoms with E-state index >= 15 is 19.2 Å². The molecule has 28 N–H and O–H groups in total. The SMILES string of the molecule is O=C1O[C@H]2[C@@H]3OC(=O)c4cc(Oc5c(C(=O)O[C@H]6[C@@H](OC(=O)c7cc(O)c(O)c(O)c7)O[C@H](COC(=O)c7cc(O)c(O)c(O)c7)[C@H](OC(=O)c7cc(O)c(O)c(O)c7)[C@H]6OC(=O)c6cc(O)c(O)c(O)c6)cc(O)c(O)c5O)c(O)c(O)c4-c4c(cc(O)c(O)c4O)C(=O)OC[C@H]2O[C@@H](OC(=O)c2cc(O)c(O)c(O)c2)[C@H]3OC(=O)c2cc(O)c(O)c3c2[C@@H]2C1=CC(=O)[C@](O)(O3)C2(O)O. The van der Waals surface area contributed by atoms with Crippen molar-refractivity contribution in [3.63, 3.8) is 0 Å². The van der Waals surface area contributed by atoms with Crippen LogP contribution in [0.2, 0.25) is 0 Å². The van der Waals surface area contributed by atoms with Gasteiger partial charge in [0, 0.05) is 28.8 Å². The second-order valence-corrected chi connectivity index (χ2v) is 29.6. The maximum atomic E-state index is 16.1. The molecule has 53 nitrogen and oxygen atoms in total. The van der Waals surface area contributed by atoms with E-state index in [-0.39, 0.29) is 30.3 Å². The van der Waals surface area contributed by atoms with Crippen LogP contribution in [0.5, 0.6) is 161 Å². The number of benzene rings is 9. The fourth-order valence-corrected chi connectivity index (χ4v) is 14.7. The topological polar surface area (TPSA) is 883 Å². The lowest BCUT2D eigenvalue weighted by Gasteiger charge is -2.49. The number of aromatic hydroxyl groups is 25. The van der Waals surface area contributed by atoms with Crippen LogP contribution in [-0.2, 0) is 66.4 Å². The number of fused-ring (bicyclic) bond motifs is 4. The van der Waals surface area contributed by atoms with Crippen LogP contribution in [0.15, 0.2) is 96.6 Å². The third-order valence-electron chi connectivity index (χ3n) is 21.3. The number of ketones is 1. The van der Waals surface area contributed by atoms with Gasteiger partial charge in [0.2, 0.25) is 59.3 Å². The van der Waals surface area contributed by atoms with Crippen molar-refractivity contribution < 1.29 is 262 Å². The molecule has 0 saturated carbocycles. The van der Waals surface area contributed by atoms with Crippen LogP contribution in [0.3, 0.4) is 0 Å². The zero-order valence-electron chi connectivity index (χ0n) is 66.2. The van der Waals surface area contributed by atoms with Gasteiger partial charge in [-0.2, -0.15) is 0 Å². The summed E-state index contributed by atoms with van der Waals surface area (Å²) in [6, 6.07) is 4.43. The van der Waals surface area contributed by atoms with Crippen molar-refractivity contribution in [2.45, 2.75) is 78.9 Å². The van der Waals surface area contributed by atoms with Crippen molar-refractivity contribution in [2.75, 3.05) is 13.2 Å². The predicted molar refractivity (Wildman–Crippen MR) is 412 cm³/mol. The molecule has 5 heterocycles. The summed E-state index contributed by atoms with van der Waals surface area (Å²) >= 11 is 0. The number of phenolic OH excluding ortho intramolecular Hbond substituents is 25. The molecule has 9 aromatic carbocycles. The number of phenols is 25. The van der Waals surface area contributed by atoms with E-state index in [4.69, 9.17) is 66.3 Å². The molecular weight excluding hydrogens is 1830 g/mol. The van der Waals surface area contributed by atoms with Gasteiger partial charge in [-0.15, -0.1) is 0 Å². The van der Waals surface area contributed by atoms with Crippen molar-refractivity contribution in [3.8, 4) is 172 Å². The maximum absolute atomic E-state index is 16.1. The van der Waals surface area contributed by atoms with Crippen molar-refractivity contribution in [3.05, 3.63) is 152 Å². The van der Waals surface area contributed by atoms with Gasteiger partial charge in [-0.3, -0.25) is 4.79 Å². The fourth-order valence-electron chi connectivity index (χ4n) is 14.7. The lowest BCUT2D eigenvalue weighted by molar-refractivity contribution is -0.339. The van der Waals surface area contributed by atoms with Gasteiger partial charge in [-0.25, -0.2) is 47.9 Å². The van der Waals surface area contributed by atoms with Crippen molar-refractivity contribution >= 4 is 65.5 Å². The van der Waals surface area contributed by atoms with E-state index in [0.717, 1.165) is 0 Å². The first-order valence-electron chi connectivity index (χ1n) is 37.5. The Labute approximate surface area is 741 Å². The van der Waals surface area contributed by atoms with Crippen LogP contribution in [0.4, 0.5) is 0 Å². The minimum Gasteiger partial charge on any atom is -0.504 e. The Morgan fingerprint density at radius 2 is 0.748 bits per heavy atom. The smallest absolute Gasteiger partial charge is 0.342 e. The molecule has 0 spiro atoms. The number of carbonyl (C=O) groups is 11. The Balaban J connectivity index is 0.904. The molecule has 1 aliphatic carbocycles. The molecule has 5 aliphatic heterocycles.